The third-order valence-electron chi connectivity index (χ3n) is 6.65. The molecule has 4 heterocycles. The molecule has 1 amide bonds. The van der Waals surface area contributed by atoms with Gasteiger partial charge in [0.2, 0.25) is 5.01 Å². The van der Waals surface area contributed by atoms with Gasteiger partial charge in [0.15, 0.2) is 0 Å². The van der Waals surface area contributed by atoms with E-state index in [9.17, 15) is 13.2 Å². The summed E-state index contributed by atoms with van der Waals surface area (Å²) in [5.41, 5.74) is 5.94. The Balaban J connectivity index is 1.23. The number of carbonyl (C=O) groups excluding carboxylic acids is 1. The zero-order valence-electron chi connectivity index (χ0n) is 16.4. The van der Waals surface area contributed by atoms with E-state index < -0.39 is 10.2 Å². The summed E-state index contributed by atoms with van der Waals surface area (Å²) in [5.74, 6) is 0.308. The molecule has 4 aliphatic rings. The second kappa shape index (κ2) is 7.52. The SMILES string of the molecule is NC1CCN(S(=O)(=O)N2[C@@H]3CC[C@H]2C[C@H](NC(=O)c2nnc(C4CC4)s2)C3)CC1. The summed E-state index contributed by atoms with van der Waals surface area (Å²) in [6.07, 6.45) is 6.72. The van der Waals surface area contributed by atoms with Gasteiger partial charge in [-0.05, 0) is 51.4 Å². The summed E-state index contributed by atoms with van der Waals surface area (Å²) in [6, 6.07) is -0.0124. The van der Waals surface area contributed by atoms with Crippen molar-refractivity contribution < 1.29 is 13.2 Å². The van der Waals surface area contributed by atoms with Crippen LogP contribution in [0.2, 0.25) is 0 Å². The largest absolute Gasteiger partial charge is 0.347 e. The lowest BCUT2D eigenvalue weighted by molar-refractivity contribution is 0.0905. The van der Waals surface area contributed by atoms with Crippen LogP contribution in [0.4, 0.5) is 0 Å². The topological polar surface area (TPSA) is 122 Å². The first kappa shape index (κ1) is 19.8. The molecule has 1 aliphatic carbocycles. The molecular weight excluding hydrogens is 412 g/mol. The molecule has 1 aromatic heterocycles. The molecule has 4 fully saturated rings. The molecule has 2 bridgehead atoms. The molecule has 29 heavy (non-hydrogen) atoms. The summed E-state index contributed by atoms with van der Waals surface area (Å²) in [5, 5.41) is 12.6. The predicted molar refractivity (Wildman–Crippen MR) is 109 cm³/mol. The minimum Gasteiger partial charge on any atom is -0.347 e. The fourth-order valence-electron chi connectivity index (χ4n) is 4.94. The Kier molecular flexibility index (Phi) is 5.14. The van der Waals surface area contributed by atoms with Crippen LogP contribution in [-0.2, 0) is 10.2 Å². The Morgan fingerprint density at radius 3 is 2.31 bits per heavy atom. The lowest BCUT2D eigenvalue weighted by Gasteiger charge is -2.41. The van der Waals surface area contributed by atoms with Gasteiger partial charge in [0, 0.05) is 43.2 Å². The third kappa shape index (κ3) is 3.83. The average Bonchev–Trinajstić information content (AvgIpc) is 3.34. The third-order valence-corrected chi connectivity index (χ3v) is 9.89. The second-order valence-electron chi connectivity index (χ2n) is 8.82. The van der Waals surface area contributed by atoms with Crippen LogP contribution in [0.25, 0.3) is 0 Å². The lowest BCUT2D eigenvalue weighted by atomic mass is 10.00. The number of carbonyl (C=O) groups is 1. The minimum absolute atomic E-state index is 0.0190. The molecule has 5 rings (SSSR count). The monoisotopic (exact) mass is 440 g/mol. The van der Waals surface area contributed by atoms with Crippen molar-refractivity contribution in [3.63, 3.8) is 0 Å². The number of nitrogens with one attached hydrogen (secondary N) is 1. The molecular formula is C18H28N6O3S2. The molecule has 160 valence electrons. The van der Waals surface area contributed by atoms with E-state index >= 15 is 0 Å². The first-order valence-electron chi connectivity index (χ1n) is 10.6. The highest BCUT2D eigenvalue weighted by molar-refractivity contribution is 7.86. The Morgan fingerprint density at radius 2 is 1.69 bits per heavy atom. The number of nitrogens with two attached hydrogens (primary N) is 1. The smallest absolute Gasteiger partial charge is 0.282 e. The number of aromatic nitrogens is 2. The molecule has 1 aromatic rings. The van der Waals surface area contributed by atoms with Crippen LogP contribution in [0, 0.1) is 0 Å². The van der Waals surface area contributed by atoms with E-state index in [1.807, 2.05) is 0 Å². The number of hydrogen-bond acceptors (Lipinski definition) is 7. The van der Waals surface area contributed by atoms with Crippen LogP contribution in [0.5, 0.6) is 0 Å². The van der Waals surface area contributed by atoms with Crippen LogP contribution < -0.4 is 11.1 Å². The molecule has 3 aliphatic heterocycles. The predicted octanol–water partition coefficient (Wildman–Crippen LogP) is 0.809. The Morgan fingerprint density at radius 1 is 1.03 bits per heavy atom. The molecule has 0 spiro atoms. The number of nitrogens with zero attached hydrogens (tertiary/aromatic N) is 4. The van der Waals surface area contributed by atoms with Gasteiger partial charge in [0.1, 0.15) is 5.01 Å². The van der Waals surface area contributed by atoms with Crippen LogP contribution in [0.3, 0.4) is 0 Å². The van der Waals surface area contributed by atoms with Gasteiger partial charge in [-0.1, -0.05) is 11.3 Å². The van der Waals surface area contributed by atoms with Crippen LogP contribution in [-0.4, -0.2) is 70.4 Å². The standard InChI is InChI=1S/C18H28N6O3S2/c19-12-5-7-23(8-6-12)29(26,27)24-14-3-4-15(24)10-13(9-14)20-16(25)18-22-21-17(28-18)11-1-2-11/h11-15H,1-10,19H2,(H,20,25)/t13-,14-,15+. The van der Waals surface area contributed by atoms with E-state index in [2.05, 4.69) is 15.5 Å². The van der Waals surface area contributed by atoms with Crippen molar-refractivity contribution in [3.8, 4) is 0 Å². The van der Waals surface area contributed by atoms with Gasteiger partial charge >= 0.3 is 0 Å². The maximum Gasteiger partial charge on any atom is 0.282 e. The van der Waals surface area contributed by atoms with Crippen molar-refractivity contribution in [1.29, 1.82) is 0 Å². The lowest BCUT2D eigenvalue weighted by Crippen LogP contribution is -2.57. The number of rotatable bonds is 5. The zero-order valence-corrected chi connectivity index (χ0v) is 18.0. The Hall–Kier alpha value is -1.14. The Labute approximate surface area is 175 Å². The van der Waals surface area contributed by atoms with Crippen LogP contribution >= 0.6 is 11.3 Å². The van der Waals surface area contributed by atoms with Gasteiger partial charge in [0.25, 0.3) is 16.1 Å². The second-order valence-corrected chi connectivity index (χ2v) is 11.7. The maximum absolute atomic E-state index is 13.2. The van der Waals surface area contributed by atoms with Gasteiger partial charge < -0.3 is 11.1 Å². The fraction of sp³-hybridized carbons (Fsp3) is 0.833. The van der Waals surface area contributed by atoms with Gasteiger partial charge in [-0.15, -0.1) is 10.2 Å². The van der Waals surface area contributed by atoms with E-state index in [-0.39, 0.29) is 30.1 Å². The quantitative estimate of drug-likeness (QED) is 0.699. The molecule has 3 saturated heterocycles. The van der Waals surface area contributed by atoms with E-state index in [1.165, 1.54) is 11.3 Å². The number of amides is 1. The highest BCUT2D eigenvalue weighted by atomic mass is 32.2. The average molecular weight is 441 g/mol. The highest BCUT2D eigenvalue weighted by Gasteiger charge is 2.49. The van der Waals surface area contributed by atoms with E-state index in [4.69, 9.17) is 5.73 Å². The van der Waals surface area contributed by atoms with Crippen molar-refractivity contribution in [3.05, 3.63) is 10.0 Å². The van der Waals surface area contributed by atoms with Gasteiger partial charge in [0.05, 0.1) is 0 Å². The van der Waals surface area contributed by atoms with Crippen molar-refractivity contribution in [2.24, 2.45) is 5.73 Å². The van der Waals surface area contributed by atoms with Crippen LogP contribution in [0.1, 0.15) is 72.1 Å². The minimum atomic E-state index is -3.47. The van der Waals surface area contributed by atoms with E-state index in [0.717, 1.165) is 30.7 Å². The first-order valence-corrected chi connectivity index (χ1v) is 12.8. The van der Waals surface area contributed by atoms with Gasteiger partial charge in [-0.3, -0.25) is 4.79 Å². The van der Waals surface area contributed by atoms with E-state index in [1.54, 1.807) is 8.61 Å². The molecule has 3 N–H and O–H groups in total. The van der Waals surface area contributed by atoms with Crippen molar-refractivity contribution in [2.45, 2.75) is 81.5 Å². The van der Waals surface area contributed by atoms with Gasteiger partial charge in [-0.2, -0.15) is 17.0 Å². The van der Waals surface area contributed by atoms with Crippen LogP contribution in [0.15, 0.2) is 0 Å². The molecule has 3 atom stereocenters. The number of piperidine rings is 2. The molecule has 1 saturated carbocycles. The zero-order chi connectivity index (χ0) is 20.2. The number of fused-ring (bicyclic) bond motifs is 2. The van der Waals surface area contributed by atoms with E-state index in [0.29, 0.717) is 49.7 Å². The summed E-state index contributed by atoms with van der Waals surface area (Å²) in [6.45, 7) is 1.000. The molecule has 0 unspecified atom stereocenters. The number of hydrogen-bond donors (Lipinski definition) is 2. The molecule has 11 heteroatoms. The normalized spacial score (nSPS) is 31.8. The van der Waals surface area contributed by atoms with Crippen molar-refractivity contribution >= 4 is 27.5 Å². The first-order chi connectivity index (χ1) is 13.9. The summed E-state index contributed by atoms with van der Waals surface area (Å²) in [7, 11) is -3.47. The van der Waals surface area contributed by atoms with Crippen molar-refractivity contribution in [1.82, 2.24) is 24.1 Å². The molecule has 0 radical (unpaired) electrons. The fourth-order valence-corrected chi connectivity index (χ4v) is 7.93. The van der Waals surface area contributed by atoms with Crippen molar-refractivity contribution in [2.75, 3.05) is 13.1 Å². The summed E-state index contributed by atoms with van der Waals surface area (Å²) < 4.78 is 29.8. The molecule has 0 aromatic carbocycles. The van der Waals surface area contributed by atoms with Gasteiger partial charge in [-0.25, -0.2) is 0 Å². The summed E-state index contributed by atoms with van der Waals surface area (Å²) >= 11 is 1.38. The molecule has 9 nitrogen and oxygen atoms in total. The summed E-state index contributed by atoms with van der Waals surface area (Å²) in [4.78, 5) is 12.6. The Bertz CT molecular complexity index is 864. The maximum atomic E-state index is 13.2. The highest BCUT2D eigenvalue weighted by Crippen LogP contribution is 2.42.